The molecule has 1 atom stereocenters. The van der Waals surface area contributed by atoms with E-state index in [0.29, 0.717) is 35.2 Å². The summed E-state index contributed by atoms with van der Waals surface area (Å²) in [4.78, 5) is 29.9. The van der Waals surface area contributed by atoms with E-state index in [1.165, 1.54) is 12.3 Å². The molecule has 0 bridgehead atoms. The zero-order valence-electron chi connectivity index (χ0n) is 16.9. The molecule has 1 aliphatic rings. The maximum Gasteiger partial charge on any atom is 0.248 e. The van der Waals surface area contributed by atoms with Crippen LogP contribution in [-0.4, -0.2) is 41.5 Å². The molecule has 4 aromatic heterocycles. The quantitative estimate of drug-likeness (QED) is 0.524. The van der Waals surface area contributed by atoms with E-state index in [0.717, 1.165) is 17.3 Å². The molecule has 10 heteroatoms. The zero-order valence-corrected chi connectivity index (χ0v) is 16.9. The van der Waals surface area contributed by atoms with E-state index in [4.69, 9.17) is 0 Å². The van der Waals surface area contributed by atoms with Gasteiger partial charge in [0.2, 0.25) is 11.9 Å². The lowest BCUT2D eigenvalue weighted by atomic mass is 10.0. The molecule has 156 valence electrons. The molecule has 0 unspecified atom stereocenters. The first-order valence-corrected chi connectivity index (χ1v) is 9.87. The molecule has 0 saturated carbocycles. The molecule has 4 aromatic rings. The topological polar surface area (TPSA) is 110 Å². The highest BCUT2D eigenvalue weighted by atomic mass is 19.1. The van der Waals surface area contributed by atoms with Crippen LogP contribution in [0.15, 0.2) is 43.0 Å². The Bertz CT molecular complexity index is 1300. The third-order valence-electron chi connectivity index (χ3n) is 5.16. The van der Waals surface area contributed by atoms with Gasteiger partial charge in [0.05, 0.1) is 12.4 Å². The third-order valence-corrected chi connectivity index (χ3v) is 5.16. The first kappa shape index (κ1) is 19.0. The van der Waals surface area contributed by atoms with Crippen LogP contribution in [-0.2, 0) is 11.2 Å². The number of nitrogens with zero attached hydrogens (tertiary/aromatic N) is 6. The van der Waals surface area contributed by atoms with E-state index in [1.807, 2.05) is 26.0 Å². The van der Waals surface area contributed by atoms with Crippen LogP contribution >= 0.6 is 0 Å². The molecule has 1 amide bonds. The lowest BCUT2D eigenvalue weighted by molar-refractivity contribution is -0.117. The van der Waals surface area contributed by atoms with Gasteiger partial charge in [0, 0.05) is 29.9 Å². The average molecular weight is 418 g/mol. The first-order valence-electron chi connectivity index (χ1n) is 9.87. The number of amides is 1. The fourth-order valence-electron chi connectivity index (χ4n) is 3.56. The lowest BCUT2D eigenvalue weighted by Gasteiger charge is -2.25. The van der Waals surface area contributed by atoms with Gasteiger partial charge in [0.25, 0.3) is 0 Å². The molecule has 31 heavy (non-hydrogen) atoms. The molecule has 2 N–H and O–H groups in total. The number of rotatable bonds is 4. The van der Waals surface area contributed by atoms with Crippen molar-refractivity contribution < 1.29 is 9.18 Å². The number of fused-ring (bicyclic) bond motifs is 2. The van der Waals surface area contributed by atoms with Gasteiger partial charge in [-0.2, -0.15) is 14.6 Å². The van der Waals surface area contributed by atoms with Crippen LogP contribution in [0.3, 0.4) is 0 Å². The first-order chi connectivity index (χ1) is 15.0. The van der Waals surface area contributed by atoms with Gasteiger partial charge >= 0.3 is 0 Å². The molecule has 0 aliphatic carbocycles. The van der Waals surface area contributed by atoms with E-state index in [1.54, 1.807) is 16.9 Å². The summed E-state index contributed by atoms with van der Waals surface area (Å²) in [5.74, 6) is 0.652. The van der Waals surface area contributed by atoms with Crippen LogP contribution in [0.25, 0.3) is 17.0 Å². The Labute approximate surface area is 176 Å². The van der Waals surface area contributed by atoms with Gasteiger partial charge in [-0.15, -0.1) is 0 Å². The van der Waals surface area contributed by atoms with Crippen LogP contribution < -0.4 is 10.6 Å². The number of halogens is 1. The summed E-state index contributed by atoms with van der Waals surface area (Å²) >= 11 is 0. The summed E-state index contributed by atoms with van der Waals surface area (Å²) in [5.41, 5.74) is 2.86. The Morgan fingerprint density at radius 2 is 2.13 bits per heavy atom. The maximum atomic E-state index is 13.8. The monoisotopic (exact) mass is 418 g/mol. The van der Waals surface area contributed by atoms with E-state index in [2.05, 4.69) is 35.7 Å². The van der Waals surface area contributed by atoms with Gasteiger partial charge < -0.3 is 10.6 Å². The molecule has 9 nitrogen and oxygen atoms in total. The lowest BCUT2D eigenvalue weighted by Crippen LogP contribution is -2.41. The highest BCUT2D eigenvalue weighted by molar-refractivity contribution is 5.98. The van der Waals surface area contributed by atoms with Crippen molar-refractivity contribution in [1.29, 1.82) is 0 Å². The van der Waals surface area contributed by atoms with Crippen molar-refractivity contribution in [3.8, 4) is 11.4 Å². The van der Waals surface area contributed by atoms with Gasteiger partial charge in [-0.25, -0.2) is 14.4 Å². The maximum absolute atomic E-state index is 13.8. The van der Waals surface area contributed by atoms with Crippen LogP contribution in [0.1, 0.15) is 30.9 Å². The van der Waals surface area contributed by atoms with Crippen molar-refractivity contribution in [2.24, 2.45) is 0 Å². The van der Waals surface area contributed by atoms with Crippen LogP contribution in [0.5, 0.6) is 0 Å². The van der Waals surface area contributed by atoms with E-state index < -0.39 is 11.9 Å². The number of nitrogens with one attached hydrogen (secondary N) is 2. The summed E-state index contributed by atoms with van der Waals surface area (Å²) in [6, 6.07) is 4.48. The Morgan fingerprint density at radius 3 is 2.94 bits per heavy atom. The number of hydrogen-bond acceptors (Lipinski definition) is 7. The molecule has 0 saturated heterocycles. The number of pyridine rings is 2. The summed E-state index contributed by atoms with van der Waals surface area (Å²) in [6.45, 7) is 4.07. The zero-order chi connectivity index (χ0) is 21.5. The summed E-state index contributed by atoms with van der Waals surface area (Å²) in [6.07, 6.45) is 6.43. The number of carbonyl (C=O) groups excluding carboxylic acids is 1. The standard InChI is InChI=1S/C21H19FN8O/c1-11(2)15-10-25-30-19(15)27-18(13-6-14(22)9-23-8-13)29-21(30)26-16-7-12-4-3-5-24-17(12)28-20(16)31/h3-6,8-11,16H,7H2,1-2H3,(H,24,28,31)(H,26,27,29)/t16-/m0/s1. The molecule has 0 fully saturated rings. The largest absolute Gasteiger partial charge is 0.342 e. The Hall–Kier alpha value is -3.95. The van der Waals surface area contributed by atoms with Crippen molar-refractivity contribution in [1.82, 2.24) is 29.5 Å². The van der Waals surface area contributed by atoms with Gasteiger partial charge in [0.1, 0.15) is 17.7 Å². The predicted molar refractivity (Wildman–Crippen MR) is 112 cm³/mol. The molecule has 1 aliphatic heterocycles. The van der Waals surface area contributed by atoms with Crippen molar-refractivity contribution in [3.63, 3.8) is 0 Å². The van der Waals surface area contributed by atoms with E-state index in [-0.39, 0.29) is 11.8 Å². The molecule has 0 spiro atoms. The summed E-state index contributed by atoms with van der Waals surface area (Å²) in [7, 11) is 0. The fraction of sp³-hybridized carbons (Fsp3) is 0.238. The molecular formula is C21H19FN8O. The fourth-order valence-corrected chi connectivity index (χ4v) is 3.56. The Kier molecular flexibility index (Phi) is 4.54. The Balaban J connectivity index is 1.60. The highest BCUT2D eigenvalue weighted by Gasteiger charge is 2.28. The molecule has 5 rings (SSSR count). The van der Waals surface area contributed by atoms with Gasteiger partial charge in [-0.1, -0.05) is 19.9 Å². The van der Waals surface area contributed by atoms with Gasteiger partial charge in [0.15, 0.2) is 11.5 Å². The molecule has 0 radical (unpaired) electrons. The summed E-state index contributed by atoms with van der Waals surface area (Å²) in [5, 5.41) is 10.4. The van der Waals surface area contributed by atoms with Crippen LogP contribution in [0.4, 0.5) is 16.2 Å². The number of aromatic nitrogens is 6. The number of carbonyl (C=O) groups is 1. The second-order valence-corrected chi connectivity index (χ2v) is 7.65. The minimum absolute atomic E-state index is 0.162. The third kappa shape index (κ3) is 3.45. The minimum atomic E-state index is -0.583. The number of anilines is 2. The minimum Gasteiger partial charge on any atom is -0.342 e. The normalized spacial score (nSPS) is 15.7. The SMILES string of the molecule is CC(C)c1cnn2c(N[C@H]3Cc4cccnc4NC3=O)nc(-c3cncc(F)c3)nc12. The predicted octanol–water partition coefficient (Wildman–Crippen LogP) is 2.82. The average Bonchev–Trinajstić information content (AvgIpc) is 3.19. The molecular weight excluding hydrogens is 399 g/mol. The van der Waals surface area contributed by atoms with Crippen LogP contribution in [0, 0.1) is 5.82 Å². The summed E-state index contributed by atoms with van der Waals surface area (Å²) < 4.78 is 15.3. The van der Waals surface area contributed by atoms with E-state index >= 15 is 0 Å². The highest BCUT2D eigenvalue weighted by Crippen LogP contribution is 2.26. The Morgan fingerprint density at radius 1 is 1.26 bits per heavy atom. The molecule has 0 aromatic carbocycles. The van der Waals surface area contributed by atoms with Crippen molar-refractivity contribution >= 4 is 23.3 Å². The van der Waals surface area contributed by atoms with Crippen LogP contribution in [0.2, 0.25) is 0 Å². The van der Waals surface area contributed by atoms with Crippen molar-refractivity contribution in [2.45, 2.75) is 32.2 Å². The van der Waals surface area contributed by atoms with Gasteiger partial charge in [-0.05, 0) is 23.6 Å². The van der Waals surface area contributed by atoms with Crippen molar-refractivity contribution in [3.05, 3.63) is 59.9 Å². The van der Waals surface area contributed by atoms with Gasteiger partial charge in [-0.3, -0.25) is 9.78 Å². The van der Waals surface area contributed by atoms with E-state index in [9.17, 15) is 9.18 Å². The molecule has 5 heterocycles. The number of hydrogen-bond donors (Lipinski definition) is 2. The van der Waals surface area contributed by atoms with Crippen molar-refractivity contribution in [2.75, 3.05) is 10.6 Å². The smallest absolute Gasteiger partial charge is 0.248 e. The second-order valence-electron chi connectivity index (χ2n) is 7.65. The second kappa shape index (κ2) is 7.38.